The van der Waals surface area contributed by atoms with Crippen LogP contribution >= 0.6 is 0 Å². The number of hydrogen-bond acceptors (Lipinski definition) is 1. The van der Waals surface area contributed by atoms with Crippen LogP contribution in [-0.2, 0) is 19.9 Å². The number of rotatable bonds is 6. The van der Waals surface area contributed by atoms with E-state index in [2.05, 4.69) is 440 Å². The van der Waals surface area contributed by atoms with Gasteiger partial charge in [-0.15, -0.1) is 0 Å². The summed E-state index contributed by atoms with van der Waals surface area (Å²) < 4.78 is 2.24. The Labute approximate surface area is 900 Å². The quantitative estimate of drug-likeness (QED) is 0.161. The molecule has 1 aromatic heterocycles. The second-order valence-corrected chi connectivity index (χ2v) is 29.6. The van der Waals surface area contributed by atoms with Crippen molar-refractivity contribution < 1.29 is 0 Å². The Morgan fingerprint density at radius 2 is 0.333 bits per heavy atom. The monoisotopic (exact) mass is 1960 g/mol. The Hall–Kier alpha value is -14.4. The lowest BCUT2D eigenvalue weighted by Gasteiger charge is -2.14. The Morgan fingerprint density at radius 1 is 0.163 bits per heavy atom. The molecule has 147 heavy (non-hydrogen) atoms. The lowest BCUT2D eigenvalue weighted by atomic mass is 9.93. The normalized spacial score (nSPS) is 9.00. The lowest BCUT2D eigenvalue weighted by molar-refractivity contribution is 1.01. The maximum Gasteiger partial charge on any atom is 0.0488 e. The van der Waals surface area contributed by atoms with Gasteiger partial charge in [-0.05, 0) is 194 Å². The van der Waals surface area contributed by atoms with Crippen LogP contribution in [-0.4, -0.2) is 18.7 Å². The van der Waals surface area contributed by atoms with E-state index in [1.54, 1.807) is 0 Å². The molecule has 19 aromatic rings. The number of para-hydroxylation sites is 3. The Bertz CT molecular complexity index is 5600. The van der Waals surface area contributed by atoms with E-state index in [0.29, 0.717) is 0 Å². The summed E-state index contributed by atoms with van der Waals surface area (Å²) in [5.74, 6) is 0. The first kappa shape index (κ1) is 137. The SMILES string of the molecule is CC.CC.CC.CC.CC.CC.CC.CC.CC.CC.CC.CC.CC.CC.Cc1cc(-c2ccccc2)cc(-c2ccccc2)c1.Cc1ccccc1.Cc1ccccc1.Cc1ccccc1N(C)C.Cn1c2ccccc2c2ccccc21.c1ccc(-c2cc(-c3ccccc3)cc(-c3ccccc3)c2)cc1.c1ccc2c(c1)Cc1ccccc1-2.c1ccc2c(c1)Cc1ccccc1-2.c1ccccc1.c1ccccc1. The number of anilines is 1. The van der Waals surface area contributed by atoms with Gasteiger partial charge in [0.2, 0.25) is 0 Å². The molecule has 0 radical (unpaired) electrons. The van der Waals surface area contributed by atoms with Crippen molar-refractivity contribution in [3.05, 3.63) is 536 Å². The maximum absolute atomic E-state index is 2.27. The van der Waals surface area contributed by atoms with Crippen molar-refractivity contribution in [2.45, 2.75) is 234 Å². The first-order chi connectivity index (χ1) is 72.5. The van der Waals surface area contributed by atoms with Crippen LogP contribution in [0.15, 0.2) is 491 Å². The van der Waals surface area contributed by atoms with Crippen LogP contribution in [0.3, 0.4) is 0 Å². The lowest BCUT2D eigenvalue weighted by Crippen LogP contribution is -2.09. The zero-order chi connectivity index (χ0) is 110. The minimum Gasteiger partial charge on any atom is -0.377 e. The smallest absolute Gasteiger partial charge is 0.0488 e. The molecule has 0 atom stereocenters. The largest absolute Gasteiger partial charge is 0.377 e. The van der Waals surface area contributed by atoms with E-state index in [0.717, 1.165) is 12.8 Å². The average molecular weight is 1960 g/mol. The molecule has 780 valence electrons. The Kier molecular flexibility index (Phi) is 86.2. The summed E-state index contributed by atoms with van der Waals surface area (Å²) in [6.07, 6.45) is 2.21. The van der Waals surface area contributed by atoms with Gasteiger partial charge in [-0.25, -0.2) is 0 Å². The number of aryl methyl sites for hydroxylation is 5. The van der Waals surface area contributed by atoms with Crippen LogP contribution in [0, 0.1) is 27.7 Å². The zero-order valence-corrected chi connectivity index (χ0v) is 97.6. The molecule has 1 heterocycles. The summed E-state index contributed by atoms with van der Waals surface area (Å²) in [5.41, 5.74) is 33.2. The fraction of sp³-hybridized carbons (Fsp3) is 0.255. The second kappa shape index (κ2) is 92.7. The molecule has 2 nitrogen and oxygen atoms in total. The fourth-order valence-corrected chi connectivity index (χ4v) is 14.6. The van der Waals surface area contributed by atoms with Crippen molar-refractivity contribution in [1.82, 2.24) is 4.57 Å². The van der Waals surface area contributed by atoms with Crippen molar-refractivity contribution >= 4 is 27.5 Å². The van der Waals surface area contributed by atoms with Crippen molar-refractivity contribution in [3.63, 3.8) is 0 Å². The van der Waals surface area contributed by atoms with Crippen LogP contribution in [0.1, 0.15) is 238 Å². The molecule has 0 spiro atoms. The highest BCUT2D eigenvalue weighted by Gasteiger charge is 2.18. The van der Waals surface area contributed by atoms with Gasteiger partial charge >= 0.3 is 0 Å². The van der Waals surface area contributed by atoms with Crippen LogP contribution in [0.2, 0.25) is 0 Å². The van der Waals surface area contributed by atoms with Gasteiger partial charge in [0.05, 0.1) is 0 Å². The molecule has 21 rings (SSSR count). The molecule has 0 bridgehead atoms. The van der Waals surface area contributed by atoms with E-state index in [1.807, 2.05) is 303 Å². The molecule has 2 heteroatoms. The van der Waals surface area contributed by atoms with Crippen molar-refractivity contribution in [1.29, 1.82) is 0 Å². The predicted molar refractivity (Wildman–Crippen MR) is 674 cm³/mol. The fourth-order valence-electron chi connectivity index (χ4n) is 14.6. The van der Waals surface area contributed by atoms with Gasteiger partial charge in [0.25, 0.3) is 0 Å². The molecule has 0 saturated carbocycles. The number of aromatic nitrogens is 1. The van der Waals surface area contributed by atoms with Crippen LogP contribution in [0.5, 0.6) is 0 Å². The van der Waals surface area contributed by atoms with Crippen LogP contribution < -0.4 is 4.90 Å². The third kappa shape index (κ3) is 51.8. The topological polar surface area (TPSA) is 8.17 Å². The summed E-state index contributed by atoms with van der Waals surface area (Å²) in [5, 5.41) is 2.68. The highest BCUT2D eigenvalue weighted by atomic mass is 15.1. The molecular weight excluding hydrogens is 1770 g/mol. The molecule has 0 fully saturated rings. The van der Waals surface area contributed by atoms with Gasteiger partial charge < -0.3 is 9.47 Å². The summed E-state index contributed by atoms with van der Waals surface area (Å²) in [4.78, 5) is 2.12. The van der Waals surface area contributed by atoms with Crippen molar-refractivity contribution in [3.8, 4) is 77.9 Å². The number of fused-ring (bicyclic) bond motifs is 9. The number of benzene rings is 18. The zero-order valence-electron chi connectivity index (χ0n) is 97.6. The molecule has 0 N–H and O–H groups in total. The number of nitrogens with zero attached hydrogens (tertiary/aromatic N) is 2. The van der Waals surface area contributed by atoms with Gasteiger partial charge in [0.15, 0.2) is 0 Å². The van der Waals surface area contributed by atoms with Crippen molar-refractivity contribution in [2.75, 3.05) is 19.0 Å². The van der Waals surface area contributed by atoms with E-state index >= 15 is 0 Å². The second-order valence-electron chi connectivity index (χ2n) is 29.6. The molecule has 0 saturated heterocycles. The van der Waals surface area contributed by atoms with Gasteiger partial charge in [0.1, 0.15) is 0 Å². The van der Waals surface area contributed by atoms with Crippen LogP contribution in [0.4, 0.5) is 5.69 Å². The molecule has 0 unspecified atom stereocenters. The highest BCUT2D eigenvalue weighted by Crippen LogP contribution is 2.39. The predicted octanol–water partition coefficient (Wildman–Crippen LogP) is 45.7. The summed E-state index contributed by atoms with van der Waals surface area (Å²) >= 11 is 0. The maximum atomic E-state index is 2.27. The highest BCUT2D eigenvalue weighted by molar-refractivity contribution is 6.08. The van der Waals surface area contributed by atoms with E-state index < -0.39 is 0 Å². The van der Waals surface area contributed by atoms with Gasteiger partial charge in [0, 0.05) is 48.6 Å². The third-order valence-electron chi connectivity index (χ3n) is 20.6. The standard InChI is InChI=1S/C24H18.C19H16.C13H11N.2C13H10.C9H13N.2C7H8.2C6H6.14C2H6/c1-4-10-19(11-5-1)22-16-23(20-12-6-2-7-13-20)18-24(17-22)21-14-8-3-9-15-21;1-15-12-18(16-8-4-2-5-9-16)14-19(13-15)17-10-6-3-7-11-17;1-14-12-8-4-2-6-10(12)11-7-3-5-9-13(11)14;2*1-3-7-12-10(5-1)9-11-6-2-4-8-13(11)12;1-8-6-4-5-7-9(8)10(2)3;2*1-7-5-3-2-4-6-7;2*1-2-4-6-5-3-1;14*1-2/h1-18H;2-14H,1H3;2-9H,1H3;2*1-8H,9H2;4-7H,1-3H3;2*2-6H,1H3;2*1-6H;14*1-2H3. The van der Waals surface area contributed by atoms with Gasteiger partial charge in [-0.3, -0.25) is 0 Å². The Morgan fingerprint density at radius 3 is 0.531 bits per heavy atom. The molecule has 2 aliphatic rings. The van der Waals surface area contributed by atoms with Gasteiger partial charge in [-0.1, -0.05) is 654 Å². The average Bonchev–Trinajstić information content (AvgIpc) is 1.60. The summed E-state index contributed by atoms with van der Waals surface area (Å²) in [7, 11) is 6.23. The molecule has 0 aliphatic heterocycles. The Balaban J connectivity index is -0.00000156. The third-order valence-corrected chi connectivity index (χ3v) is 20.6. The van der Waals surface area contributed by atoms with E-state index in [4.69, 9.17) is 0 Å². The van der Waals surface area contributed by atoms with E-state index in [9.17, 15) is 0 Å². The molecule has 18 aromatic carbocycles. The first-order valence-electron chi connectivity index (χ1n) is 55.1. The van der Waals surface area contributed by atoms with Gasteiger partial charge in [-0.2, -0.15) is 0 Å². The molecule has 2 aliphatic carbocycles. The molecular formula is C145H190N2. The minimum atomic E-state index is 1.10. The summed E-state index contributed by atoms with van der Waals surface area (Å²) in [6, 6.07) is 171. The van der Waals surface area contributed by atoms with Crippen molar-refractivity contribution in [2.24, 2.45) is 7.05 Å². The minimum absolute atomic E-state index is 1.10. The summed E-state index contributed by atoms with van der Waals surface area (Å²) in [6.45, 7) is 64.4. The van der Waals surface area contributed by atoms with Crippen LogP contribution in [0.25, 0.3) is 99.7 Å². The first-order valence-corrected chi connectivity index (χ1v) is 55.1. The van der Waals surface area contributed by atoms with E-state index in [-0.39, 0.29) is 0 Å². The number of hydrogen-bond donors (Lipinski definition) is 0. The molecule has 0 amide bonds. The van der Waals surface area contributed by atoms with E-state index in [1.165, 1.54) is 150 Å².